The Morgan fingerprint density at radius 2 is 1.86 bits per heavy atom. The number of para-hydroxylation sites is 1. The van der Waals surface area contributed by atoms with E-state index in [1.165, 1.54) is 18.2 Å². The Hall–Kier alpha value is -2.24. The number of carbonyl (C=O) groups excluding carboxylic acids is 2. The minimum absolute atomic E-state index is 0.0693. The first kappa shape index (κ1) is 16.8. The third kappa shape index (κ3) is 5.33. The maximum Gasteiger partial charge on any atom is 0.342 e. The van der Waals surface area contributed by atoms with Crippen LogP contribution >= 0.6 is 0 Å². The summed E-state index contributed by atoms with van der Waals surface area (Å²) in [5.41, 5.74) is 0.160. The van der Waals surface area contributed by atoms with Crippen molar-refractivity contribution < 1.29 is 28.9 Å². The van der Waals surface area contributed by atoms with Crippen LogP contribution in [0.2, 0.25) is 0 Å². The number of carbonyl (C=O) groups is 2. The summed E-state index contributed by atoms with van der Waals surface area (Å²) in [6.07, 6.45) is 0.644. The second kappa shape index (κ2) is 8.84. The van der Waals surface area contributed by atoms with Crippen LogP contribution in [-0.4, -0.2) is 36.9 Å². The van der Waals surface area contributed by atoms with Crippen molar-refractivity contribution in [2.24, 2.45) is 0 Å². The molecule has 0 fully saturated rings. The van der Waals surface area contributed by atoms with Gasteiger partial charge in [-0.2, -0.15) is 0 Å². The van der Waals surface area contributed by atoms with Gasteiger partial charge in [0.2, 0.25) is 0 Å². The molecule has 0 aliphatic heterocycles. The van der Waals surface area contributed by atoms with Gasteiger partial charge in [0.25, 0.3) is 0 Å². The van der Waals surface area contributed by atoms with Gasteiger partial charge >= 0.3 is 11.9 Å². The lowest BCUT2D eigenvalue weighted by Gasteiger charge is -2.12. The number of phenols is 1. The molecular formula is C15H20O6. The number of esters is 2. The highest BCUT2D eigenvalue weighted by Gasteiger charge is 2.17. The van der Waals surface area contributed by atoms with Crippen LogP contribution in [0.15, 0.2) is 18.2 Å². The fourth-order valence-electron chi connectivity index (χ4n) is 1.67. The summed E-state index contributed by atoms with van der Waals surface area (Å²) in [6.45, 7) is 4.19. The molecule has 0 radical (unpaired) electrons. The van der Waals surface area contributed by atoms with Crippen LogP contribution in [-0.2, 0) is 14.3 Å². The van der Waals surface area contributed by atoms with Crippen molar-refractivity contribution in [3.05, 3.63) is 23.8 Å². The molecule has 0 aliphatic rings. The first-order valence-corrected chi connectivity index (χ1v) is 6.87. The van der Waals surface area contributed by atoms with Crippen molar-refractivity contribution >= 4 is 11.9 Å². The Balaban J connectivity index is 2.61. The molecule has 1 aromatic carbocycles. The maximum absolute atomic E-state index is 11.8. The van der Waals surface area contributed by atoms with Crippen LogP contribution in [0, 0.1) is 0 Å². The Morgan fingerprint density at radius 1 is 1.14 bits per heavy atom. The van der Waals surface area contributed by atoms with Gasteiger partial charge < -0.3 is 19.3 Å². The van der Waals surface area contributed by atoms with Gasteiger partial charge in [-0.25, -0.2) is 4.79 Å². The summed E-state index contributed by atoms with van der Waals surface area (Å²) in [4.78, 5) is 22.9. The summed E-state index contributed by atoms with van der Waals surface area (Å²) in [6, 6.07) is 4.47. The summed E-state index contributed by atoms with van der Waals surface area (Å²) >= 11 is 0. The van der Waals surface area contributed by atoms with E-state index in [4.69, 9.17) is 14.2 Å². The highest BCUT2D eigenvalue weighted by atomic mass is 16.5. The zero-order chi connectivity index (χ0) is 15.7. The van der Waals surface area contributed by atoms with Crippen LogP contribution in [0.5, 0.6) is 11.5 Å². The van der Waals surface area contributed by atoms with E-state index in [0.717, 1.165) is 0 Å². The van der Waals surface area contributed by atoms with E-state index >= 15 is 0 Å². The first-order chi connectivity index (χ1) is 10.1. The number of rotatable bonds is 8. The van der Waals surface area contributed by atoms with Crippen LogP contribution in [0.1, 0.15) is 37.0 Å². The number of hydrogen-bond acceptors (Lipinski definition) is 6. The predicted molar refractivity (Wildman–Crippen MR) is 75.4 cm³/mol. The standard InChI is InChI=1S/C15H20O6/c1-3-19-13(17)9-6-10-21-14-11(15(18)20-4-2)7-5-8-12(14)16/h5,7-8,16H,3-4,6,9-10H2,1-2H3. The topological polar surface area (TPSA) is 82.1 Å². The normalized spacial score (nSPS) is 10.0. The molecule has 0 saturated carbocycles. The van der Waals surface area contributed by atoms with Crippen LogP contribution in [0.4, 0.5) is 0 Å². The average molecular weight is 296 g/mol. The van der Waals surface area contributed by atoms with Crippen molar-refractivity contribution in [1.82, 2.24) is 0 Å². The lowest BCUT2D eigenvalue weighted by atomic mass is 10.2. The van der Waals surface area contributed by atoms with Crippen molar-refractivity contribution in [2.45, 2.75) is 26.7 Å². The van der Waals surface area contributed by atoms with Gasteiger partial charge in [-0.3, -0.25) is 4.79 Å². The largest absolute Gasteiger partial charge is 0.504 e. The molecule has 1 rings (SSSR count). The van der Waals surface area contributed by atoms with Gasteiger partial charge in [-0.05, 0) is 32.4 Å². The number of hydrogen-bond donors (Lipinski definition) is 1. The maximum atomic E-state index is 11.8. The van der Waals surface area contributed by atoms with Gasteiger partial charge in [0.05, 0.1) is 19.8 Å². The monoisotopic (exact) mass is 296 g/mol. The van der Waals surface area contributed by atoms with Crippen molar-refractivity contribution in [3.63, 3.8) is 0 Å². The molecule has 6 heteroatoms. The predicted octanol–water partition coefficient (Wildman–Crippen LogP) is 2.29. The van der Waals surface area contributed by atoms with E-state index in [2.05, 4.69) is 0 Å². The molecule has 0 unspecified atom stereocenters. The Bertz CT molecular complexity index is 483. The zero-order valence-electron chi connectivity index (χ0n) is 12.3. The molecular weight excluding hydrogens is 276 g/mol. The molecule has 0 bridgehead atoms. The van der Waals surface area contributed by atoms with E-state index in [-0.39, 0.29) is 42.7 Å². The molecule has 21 heavy (non-hydrogen) atoms. The van der Waals surface area contributed by atoms with E-state index in [1.54, 1.807) is 13.8 Å². The number of ether oxygens (including phenoxy) is 3. The quantitative estimate of drug-likeness (QED) is 0.585. The molecule has 1 aromatic rings. The summed E-state index contributed by atoms with van der Waals surface area (Å²) in [5.74, 6) is -0.936. The van der Waals surface area contributed by atoms with Gasteiger partial charge in [0.15, 0.2) is 11.5 Å². The summed E-state index contributed by atoms with van der Waals surface area (Å²) in [7, 11) is 0. The van der Waals surface area contributed by atoms with E-state index < -0.39 is 5.97 Å². The van der Waals surface area contributed by atoms with Gasteiger partial charge in [0, 0.05) is 6.42 Å². The molecule has 0 spiro atoms. The Labute approximate surface area is 123 Å². The van der Waals surface area contributed by atoms with Gasteiger partial charge in [0.1, 0.15) is 5.56 Å². The fraction of sp³-hybridized carbons (Fsp3) is 0.467. The fourth-order valence-corrected chi connectivity index (χ4v) is 1.67. The summed E-state index contributed by atoms with van der Waals surface area (Å²) < 4.78 is 15.1. The van der Waals surface area contributed by atoms with Crippen LogP contribution in [0.25, 0.3) is 0 Å². The smallest absolute Gasteiger partial charge is 0.342 e. The second-order valence-electron chi connectivity index (χ2n) is 4.13. The van der Waals surface area contributed by atoms with E-state index in [9.17, 15) is 14.7 Å². The summed E-state index contributed by atoms with van der Waals surface area (Å²) in [5, 5.41) is 9.78. The average Bonchev–Trinajstić information content (AvgIpc) is 2.45. The Morgan fingerprint density at radius 3 is 2.52 bits per heavy atom. The zero-order valence-corrected chi connectivity index (χ0v) is 12.3. The van der Waals surface area contributed by atoms with E-state index in [1.807, 2.05) is 0 Å². The first-order valence-electron chi connectivity index (χ1n) is 6.87. The second-order valence-corrected chi connectivity index (χ2v) is 4.13. The molecule has 0 amide bonds. The third-order valence-electron chi connectivity index (χ3n) is 2.57. The molecule has 0 saturated heterocycles. The molecule has 0 aliphatic carbocycles. The van der Waals surface area contributed by atoms with E-state index in [0.29, 0.717) is 13.0 Å². The lowest BCUT2D eigenvalue weighted by molar-refractivity contribution is -0.143. The molecule has 116 valence electrons. The van der Waals surface area contributed by atoms with Gasteiger partial charge in [-0.1, -0.05) is 6.07 Å². The Kier molecular flexibility index (Phi) is 7.08. The SMILES string of the molecule is CCOC(=O)CCCOc1c(O)cccc1C(=O)OCC. The van der Waals surface area contributed by atoms with Crippen molar-refractivity contribution in [1.29, 1.82) is 0 Å². The minimum Gasteiger partial charge on any atom is -0.504 e. The molecule has 0 aromatic heterocycles. The van der Waals surface area contributed by atoms with Crippen molar-refractivity contribution in [3.8, 4) is 11.5 Å². The third-order valence-corrected chi connectivity index (χ3v) is 2.57. The molecule has 1 N–H and O–H groups in total. The lowest BCUT2D eigenvalue weighted by Crippen LogP contribution is -2.10. The number of aromatic hydroxyl groups is 1. The van der Waals surface area contributed by atoms with Crippen LogP contribution in [0.3, 0.4) is 0 Å². The highest BCUT2D eigenvalue weighted by Crippen LogP contribution is 2.30. The molecule has 0 atom stereocenters. The minimum atomic E-state index is -0.561. The van der Waals surface area contributed by atoms with Crippen molar-refractivity contribution in [2.75, 3.05) is 19.8 Å². The highest BCUT2D eigenvalue weighted by molar-refractivity contribution is 5.93. The van der Waals surface area contributed by atoms with Gasteiger partial charge in [-0.15, -0.1) is 0 Å². The number of phenolic OH excluding ortho intramolecular Hbond substituents is 1. The molecule has 6 nitrogen and oxygen atoms in total. The number of benzene rings is 1. The van der Waals surface area contributed by atoms with Crippen LogP contribution < -0.4 is 4.74 Å². The molecule has 0 heterocycles.